The van der Waals surface area contributed by atoms with Gasteiger partial charge >= 0.3 is 6.03 Å². The maximum Gasteiger partial charge on any atom is 0.332 e. The first-order chi connectivity index (χ1) is 17.0. The number of H-pyrrole nitrogens is 1. The Kier molecular flexibility index (Phi) is 4.74. The van der Waals surface area contributed by atoms with Crippen molar-refractivity contribution < 1.29 is 14.3 Å². The number of hydrogen-bond acceptors (Lipinski definition) is 3. The zero-order valence-corrected chi connectivity index (χ0v) is 20.0. The molecular formula is C29H27N3O3. The minimum Gasteiger partial charge on any atom is -0.496 e. The summed E-state index contributed by atoms with van der Waals surface area (Å²) in [7, 11) is 1.66. The standard InChI is InChI=1S/C29H27N3O3/c1-4-18-11-5-9-15-23(18)32-27(33)29(2)26-25(20-13-6-8-14-22(20)30-26)21(17-31(29)28(32)34)19-12-7-10-16-24(19)35-3/h5-16,21,30H,4,17H2,1-3H3. The highest BCUT2D eigenvalue weighted by molar-refractivity contribution is 6.24. The summed E-state index contributed by atoms with van der Waals surface area (Å²) in [6.45, 7) is 4.28. The normalized spacial score (nSPS) is 21.4. The number of anilines is 1. The van der Waals surface area contributed by atoms with Crippen molar-refractivity contribution in [1.82, 2.24) is 9.88 Å². The number of carbonyl (C=O) groups excluding carboxylic acids is 2. The van der Waals surface area contributed by atoms with E-state index in [1.165, 1.54) is 4.90 Å². The van der Waals surface area contributed by atoms with Crippen molar-refractivity contribution in [3.8, 4) is 5.75 Å². The summed E-state index contributed by atoms with van der Waals surface area (Å²) in [6.07, 6.45) is 0.728. The number of ether oxygens (including phenoxy) is 1. The lowest BCUT2D eigenvalue weighted by molar-refractivity contribution is -0.125. The van der Waals surface area contributed by atoms with Gasteiger partial charge in [0.1, 0.15) is 5.75 Å². The van der Waals surface area contributed by atoms with E-state index in [9.17, 15) is 9.59 Å². The Labute approximate surface area is 204 Å². The predicted molar refractivity (Wildman–Crippen MR) is 136 cm³/mol. The topological polar surface area (TPSA) is 65.6 Å². The molecule has 3 aromatic carbocycles. The van der Waals surface area contributed by atoms with Crippen LogP contribution in [-0.2, 0) is 16.8 Å². The molecule has 0 radical (unpaired) electrons. The average molecular weight is 466 g/mol. The Morgan fingerprint density at radius 1 is 1.00 bits per heavy atom. The lowest BCUT2D eigenvalue weighted by Gasteiger charge is -2.40. The largest absolute Gasteiger partial charge is 0.496 e. The smallest absolute Gasteiger partial charge is 0.332 e. The number of aromatic nitrogens is 1. The van der Waals surface area contributed by atoms with Gasteiger partial charge < -0.3 is 14.6 Å². The van der Waals surface area contributed by atoms with E-state index < -0.39 is 5.54 Å². The number of nitrogens with one attached hydrogen (secondary N) is 1. The summed E-state index contributed by atoms with van der Waals surface area (Å²) in [4.78, 5) is 34.8. The molecule has 2 aliphatic heterocycles. The van der Waals surface area contributed by atoms with E-state index >= 15 is 0 Å². The maximum atomic E-state index is 14.2. The Balaban J connectivity index is 1.60. The predicted octanol–water partition coefficient (Wildman–Crippen LogP) is 5.57. The molecule has 6 heteroatoms. The van der Waals surface area contributed by atoms with Crippen LogP contribution >= 0.6 is 0 Å². The molecule has 0 saturated carbocycles. The van der Waals surface area contributed by atoms with Gasteiger partial charge in [0.2, 0.25) is 0 Å². The van der Waals surface area contributed by atoms with Crippen LogP contribution in [-0.4, -0.2) is 35.5 Å². The Morgan fingerprint density at radius 3 is 2.51 bits per heavy atom. The lowest BCUT2D eigenvalue weighted by atomic mass is 9.78. The molecule has 1 fully saturated rings. The van der Waals surface area contributed by atoms with Crippen LogP contribution in [0, 0.1) is 0 Å². The number of aromatic amines is 1. The quantitative estimate of drug-likeness (QED) is 0.401. The van der Waals surface area contributed by atoms with Crippen molar-refractivity contribution >= 4 is 28.5 Å². The van der Waals surface area contributed by atoms with Crippen LogP contribution in [0.15, 0.2) is 72.8 Å². The van der Waals surface area contributed by atoms with Gasteiger partial charge in [-0.25, -0.2) is 9.69 Å². The van der Waals surface area contributed by atoms with Crippen molar-refractivity contribution in [2.45, 2.75) is 31.7 Å². The number of para-hydroxylation sites is 3. The number of fused-ring (bicyclic) bond motifs is 5. The van der Waals surface area contributed by atoms with Crippen molar-refractivity contribution in [2.24, 2.45) is 0 Å². The van der Waals surface area contributed by atoms with Gasteiger partial charge in [0.15, 0.2) is 5.54 Å². The number of amides is 3. The number of carbonyl (C=O) groups is 2. The van der Waals surface area contributed by atoms with E-state index in [-0.39, 0.29) is 17.9 Å². The number of benzene rings is 3. The van der Waals surface area contributed by atoms with E-state index in [1.807, 2.05) is 80.6 Å². The van der Waals surface area contributed by atoms with Crippen molar-refractivity contribution in [2.75, 3.05) is 18.6 Å². The van der Waals surface area contributed by atoms with Crippen LogP contribution in [0.5, 0.6) is 5.75 Å². The monoisotopic (exact) mass is 465 g/mol. The Morgan fingerprint density at radius 2 is 1.71 bits per heavy atom. The van der Waals surface area contributed by atoms with Crippen LogP contribution in [0.1, 0.15) is 42.1 Å². The van der Waals surface area contributed by atoms with Gasteiger partial charge in [0, 0.05) is 28.9 Å². The lowest BCUT2D eigenvalue weighted by Crippen LogP contribution is -2.50. The number of hydrogen-bond donors (Lipinski definition) is 1. The summed E-state index contributed by atoms with van der Waals surface area (Å²) in [5, 5.41) is 1.06. The molecule has 2 unspecified atom stereocenters. The molecule has 1 saturated heterocycles. The summed E-state index contributed by atoms with van der Waals surface area (Å²) in [5.74, 6) is 0.390. The van der Waals surface area contributed by atoms with Gasteiger partial charge in [-0.15, -0.1) is 0 Å². The summed E-state index contributed by atoms with van der Waals surface area (Å²) in [6, 6.07) is 23.4. The summed E-state index contributed by atoms with van der Waals surface area (Å²) < 4.78 is 5.72. The van der Waals surface area contributed by atoms with E-state index in [2.05, 4.69) is 11.1 Å². The first kappa shape index (κ1) is 21.5. The molecule has 6 nitrogen and oxygen atoms in total. The molecule has 1 aromatic heterocycles. The molecule has 3 heterocycles. The highest BCUT2D eigenvalue weighted by atomic mass is 16.5. The number of methoxy groups -OCH3 is 1. The minimum atomic E-state index is -1.13. The van der Waals surface area contributed by atoms with Crippen LogP contribution in [0.25, 0.3) is 10.9 Å². The Hall–Kier alpha value is -4.06. The van der Waals surface area contributed by atoms with Gasteiger partial charge in [-0.2, -0.15) is 0 Å². The molecular weight excluding hydrogens is 438 g/mol. The minimum absolute atomic E-state index is 0.150. The first-order valence-electron chi connectivity index (χ1n) is 12.0. The number of nitrogens with zero attached hydrogens (tertiary/aromatic N) is 2. The maximum absolute atomic E-state index is 14.2. The van der Waals surface area contributed by atoms with E-state index in [0.717, 1.165) is 45.5 Å². The van der Waals surface area contributed by atoms with E-state index in [4.69, 9.17) is 4.74 Å². The molecule has 35 heavy (non-hydrogen) atoms. The van der Waals surface area contributed by atoms with Gasteiger partial charge in [0.25, 0.3) is 5.91 Å². The highest BCUT2D eigenvalue weighted by Gasteiger charge is 2.61. The fourth-order valence-electron chi connectivity index (χ4n) is 5.87. The van der Waals surface area contributed by atoms with Crippen molar-refractivity contribution in [3.63, 3.8) is 0 Å². The molecule has 2 aliphatic rings. The van der Waals surface area contributed by atoms with Crippen LogP contribution < -0.4 is 9.64 Å². The third kappa shape index (κ3) is 2.83. The molecule has 0 bridgehead atoms. The van der Waals surface area contributed by atoms with E-state index in [1.54, 1.807) is 12.0 Å². The average Bonchev–Trinajstić information content (AvgIpc) is 3.38. The fourth-order valence-corrected chi connectivity index (χ4v) is 5.87. The number of urea groups is 1. The number of aryl methyl sites for hydroxylation is 1. The van der Waals surface area contributed by atoms with Crippen molar-refractivity contribution in [3.05, 3.63) is 95.2 Å². The van der Waals surface area contributed by atoms with Gasteiger partial charge in [-0.3, -0.25) is 4.79 Å². The second kappa shape index (κ2) is 7.73. The van der Waals surface area contributed by atoms with Crippen LogP contribution in [0.4, 0.5) is 10.5 Å². The molecule has 1 N–H and O–H groups in total. The molecule has 2 atom stereocenters. The summed E-state index contributed by atoms with van der Waals surface area (Å²) in [5.41, 5.74) is 4.27. The molecule has 0 spiro atoms. The SMILES string of the molecule is CCc1ccccc1N1C(=O)N2CC(c3ccccc3OC)c3c([nH]c4ccccc34)C2(C)C1=O. The second-order valence-electron chi connectivity index (χ2n) is 9.34. The zero-order valence-electron chi connectivity index (χ0n) is 20.0. The molecule has 3 amide bonds. The van der Waals surface area contributed by atoms with Gasteiger partial charge in [0.05, 0.1) is 18.5 Å². The van der Waals surface area contributed by atoms with Crippen LogP contribution in [0.2, 0.25) is 0 Å². The number of rotatable bonds is 4. The molecule has 4 aromatic rings. The second-order valence-corrected chi connectivity index (χ2v) is 9.34. The number of imide groups is 1. The third-order valence-electron chi connectivity index (χ3n) is 7.66. The van der Waals surface area contributed by atoms with Gasteiger partial charge in [-0.1, -0.05) is 61.5 Å². The van der Waals surface area contributed by atoms with Crippen molar-refractivity contribution in [1.29, 1.82) is 0 Å². The molecule has 6 rings (SSSR count). The zero-order chi connectivity index (χ0) is 24.3. The summed E-state index contributed by atoms with van der Waals surface area (Å²) >= 11 is 0. The van der Waals surface area contributed by atoms with E-state index in [0.29, 0.717) is 12.2 Å². The molecule has 176 valence electrons. The van der Waals surface area contributed by atoms with Gasteiger partial charge in [-0.05, 0) is 42.7 Å². The molecule has 0 aliphatic carbocycles. The third-order valence-corrected chi connectivity index (χ3v) is 7.66. The fraction of sp³-hybridized carbons (Fsp3) is 0.241. The first-order valence-corrected chi connectivity index (χ1v) is 12.0. The Bertz CT molecular complexity index is 1490. The highest BCUT2D eigenvalue weighted by Crippen LogP contribution is 2.51. The van der Waals surface area contributed by atoms with Crippen LogP contribution in [0.3, 0.4) is 0 Å².